The second-order valence-electron chi connectivity index (χ2n) is 8.70. The number of hydrogen-bond acceptors (Lipinski definition) is 5. The Kier molecular flexibility index (Phi) is 5.94. The van der Waals surface area contributed by atoms with Crippen molar-refractivity contribution in [3.05, 3.63) is 23.8 Å². The van der Waals surface area contributed by atoms with Crippen LogP contribution in [0.1, 0.15) is 55.3 Å². The van der Waals surface area contributed by atoms with E-state index in [9.17, 15) is 19.8 Å². The van der Waals surface area contributed by atoms with Gasteiger partial charge in [-0.1, -0.05) is 6.07 Å². The molecule has 0 aromatic heterocycles. The van der Waals surface area contributed by atoms with Gasteiger partial charge >= 0.3 is 0 Å². The van der Waals surface area contributed by atoms with Crippen LogP contribution in [0.5, 0.6) is 11.5 Å². The molecule has 7 heteroatoms. The lowest BCUT2D eigenvalue weighted by Gasteiger charge is -2.31. The van der Waals surface area contributed by atoms with E-state index in [1.807, 2.05) is 4.90 Å². The van der Waals surface area contributed by atoms with Gasteiger partial charge in [0, 0.05) is 44.7 Å². The highest BCUT2D eigenvalue weighted by molar-refractivity contribution is 5.99. The Morgan fingerprint density at radius 2 is 1.66 bits per heavy atom. The number of likely N-dealkylation sites (tertiary alicyclic amines) is 2. The van der Waals surface area contributed by atoms with Crippen LogP contribution in [0.2, 0.25) is 0 Å². The fourth-order valence-electron chi connectivity index (χ4n) is 4.71. The van der Waals surface area contributed by atoms with Crippen molar-refractivity contribution in [3.8, 4) is 11.5 Å². The van der Waals surface area contributed by atoms with E-state index in [1.54, 1.807) is 0 Å². The maximum atomic E-state index is 12.7. The van der Waals surface area contributed by atoms with Gasteiger partial charge in [-0.3, -0.25) is 14.5 Å². The van der Waals surface area contributed by atoms with E-state index < -0.39 is 5.91 Å². The molecule has 2 aliphatic heterocycles. The summed E-state index contributed by atoms with van der Waals surface area (Å²) in [6, 6.07) is 4.71. The van der Waals surface area contributed by atoms with Gasteiger partial charge in [-0.2, -0.15) is 0 Å². The number of phenolic OH excluding ortho intramolecular Hbond substituents is 2. The standard InChI is InChI=1S/C22H31N3O4/c26-18-4-3-5-19(27)21(18)22(29)23-13-17-9-8-16(25(17)14-15-6-7-15)12-20(28)24-10-1-2-11-24/h3-5,15-17,26-27H,1-2,6-14H2,(H,23,29)/t16-,17+/m1/s1. The Hall–Kier alpha value is -2.28. The Bertz CT molecular complexity index is 738. The molecule has 2 saturated heterocycles. The number of benzene rings is 1. The second-order valence-corrected chi connectivity index (χ2v) is 8.70. The molecule has 3 fully saturated rings. The molecule has 0 unspecified atom stereocenters. The van der Waals surface area contributed by atoms with E-state index in [-0.39, 0.29) is 35.1 Å². The van der Waals surface area contributed by atoms with Crippen molar-refractivity contribution in [2.24, 2.45) is 5.92 Å². The van der Waals surface area contributed by atoms with Crippen LogP contribution in [0.3, 0.4) is 0 Å². The fourth-order valence-corrected chi connectivity index (χ4v) is 4.71. The molecule has 158 valence electrons. The Morgan fingerprint density at radius 1 is 1.00 bits per heavy atom. The van der Waals surface area contributed by atoms with Crippen LogP contribution < -0.4 is 5.32 Å². The average Bonchev–Trinajstić information content (AvgIpc) is 3.19. The lowest BCUT2D eigenvalue weighted by Crippen LogP contribution is -2.45. The molecule has 1 saturated carbocycles. The van der Waals surface area contributed by atoms with Crippen molar-refractivity contribution in [1.82, 2.24) is 15.1 Å². The molecule has 3 aliphatic rings. The van der Waals surface area contributed by atoms with Crippen LogP contribution in [0, 0.1) is 5.92 Å². The minimum absolute atomic E-state index is 0.0833. The SMILES string of the molecule is O=C(NC[C@@H]1CC[C@H](CC(=O)N2CCCC2)N1CC1CC1)c1c(O)cccc1O. The van der Waals surface area contributed by atoms with Crippen LogP contribution in [0.15, 0.2) is 18.2 Å². The summed E-state index contributed by atoms with van der Waals surface area (Å²) in [5, 5.41) is 22.7. The minimum Gasteiger partial charge on any atom is -0.507 e. The van der Waals surface area contributed by atoms with E-state index >= 15 is 0 Å². The van der Waals surface area contributed by atoms with E-state index in [1.165, 1.54) is 31.0 Å². The van der Waals surface area contributed by atoms with Crippen LogP contribution in [0.4, 0.5) is 0 Å². The first-order chi connectivity index (χ1) is 14.0. The van der Waals surface area contributed by atoms with E-state index in [2.05, 4.69) is 10.2 Å². The highest BCUT2D eigenvalue weighted by Gasteiger charge is 2.38. The topological polar surface area (TPSA) is 93.1 Å². The molecule has 29 heavy (non-hydrogen) atoms. The number of carbonyl (C=O) groups is 2. The van der Waals surface area contributed by atoms with Crippen LogP contribution in [-0.2, 0) is 4.79 Å². The zero-order chi connectivity index (χ0) is 20.4. The quantitative estimate of drug-likeness (QED) is 0.651. The van der Waals surface area contributed by atoms with E-state index in [0.717, 1.165) is 45.3 Å². The first-order valence-corrected chi connectivity index (χ1v) is 10.9. The predicted octanol–water partition coefficient (Wildman–Crippen LogP) is 2.08. The molecule has 0 bridgehead atoms. The third-order valence-electron chi connectivity index (χ3n) is 6.55. The normalized spacial score (nSPS) is 24.8. The number of amides is 2. The molecule has 7 nitrogen and oxygen atoms in total. The molecule has 0 spiro atoms. The molecule has 2 atom stereocenters. The smallest absolute Gasteiger partial charge is 0.258 e. The summed E-state index contributed by atoms with van der Waals surface area (Å²) in [5.41, 5.74) is -0.0833. The van der Waals surface area contributed by atoms with Crippen molar-refractivity contribution in [3.63, 3.8) is 0 Å². The lowest BCUT2D eigenvalue weighted by atomic mass is 10.1. The zero-order valence-electron chi connectivity index (χ0n) is 16.8. The minimum atomic E-state index is -0.469. The summed E-state index contributed by atoms with van der Waals surface area (Å²) in [7, 11) is 0. The monoisotopic (exact) mass is 401 g/mol. The number of rotatable bonds is 7. The summed E-state index contributed by atoms with van der Waals surface area (Å²) >= 11 is 0. The van der Waals surface area contributed by atoms with E-state index in [0.29, 0.717) is 18.9 Å². The third kappa shape index (κ3) is 4.66. The maximum Gasteiger partial charge on any atom is 0.258 e. The largest absolute Gasteiger partial charge is 0.507 e. The highest BCUT2D eigenvalue weighted by atomic mass is 16.3. The molecule has 2 heterocycles. The summed E-state index contributed by atoms with van der Waals surface area (Å²) < 4.78 is 0. The number of hydrogen-bond donors (Lipinski definition) is 3. The van der Waals surface area contributed by atoms with Gasteiger partial charge in [0.15, 0.2) is 0 Å². The third-order valence-corrected chi connectivity index (χ3v) is 6.55. The van der Waals surface area contributed by atoms with Crippen LogP contribution in [-0.4, -0.2) is 70.1 Å². The molecular formula is C22H31N3O4. The molecular weight excluding hydrogens is 370 g/mol. The Balaban J connectivity index is 1.37. The van der Waals surface area contributed by atoms with Crippen molar-refractivity contribution in [1.29, 1.82) is 0 Å². The number of nitrogens with zero attached hydrogens (tertiary/aromatic N) is 2. The van der Waals surface area contributed by atoms with Gasteiger partial charge in [-0.05, 0) is 56.6 Å². The van der Waals surface area contributed by atoms with Crippen molar-refractivity contribution in [2.75, 3.05) is 26.2 Å². The van der Waals surface area contributed by atoms with Crippen LogP contribution >= 0.6 is 0 Å². The number of phenols is 2. The first kappa shape index (κ1) is 20.0. The van der Waals surface area contributed by atoms with E-state index in [4.69, 9.17) is 0 Å². The molecule has 1 aromatic carbocycles. The van der Waals surface area contributed by atoms with Gasteiger partial charge in [-0.25, -0.2) is 0 Å². The molecule has 3 N–H and O–H groups in total. The average molecular weight is 402 g/mol. The van der Waals surface area contributed by atoms with Gasteiger partial charge in [0.1, 0.15) is 17.1 Å². The van der Waals surface area contributed by atoms with Gasteiger partial charge < -0.3 is 20.4 Å². The summed E-state index contributed by atoms with van der Waals surface area (Å²) in [5.74, 6) is 0.0502. The van der Waals surface area contributed by atoms with Crippen molar-refractivity contribution < 1.29 is 19.8 Å². The van der Waals surface area contributed by atoms with Gasteiger partial charge in [0.25, 0.3) is 5.91 Å². The maximum absolute atomic E-state index is 12.7. The van der Waals surface area contributed by atoms with Gasteiger partial charge in [-0.15, -0.1) is 0 Å². The fraction of sp³-hybridized carbons (Fsp3) is 0.636. The molecule has 4 rings (SSSR count). The van der Waals surface area contributed by atoms with Crippen molar-refractivity contribution >= 4 is 11.8 Å². The number of nitrogens with one attached hydrogen (secondary N) is 1. The summed E-state index contributed by atoms with van der Waals surface area (Å²) in [4.78, 5) is 29.6. The van der Waals surface area contributed by atoms with Gasteiger partial charge in [0.05, 0.1) is 0 Å². The summed E-state index contributed by atoms with van der Waals surface area (Å²) in [6.07, 6.45) is 7.18. The highest BCUT2D eigenvalue weighted by Crippen LogP contribution is 2.35. The summed E-state index contributed by atoms with van der Waals surface area (Å²) in [6.45, 7) is 3.21. The first-order valence-electron chi connectivity index (χ1n) is 10.9. The zero-order valence-corrected chi connectivity index (χ0v) is 16.8. The predicted molar refractivity (Wildman–Crippen MR) is 109 cm³/mol. The van der Waals surface area contributed by atoms with Crippen molar-refractivity contribution in [2.45, 2.75) is 57.0 Å². The van der Waals surface area contributed by atoms with Crippen LogP contribution in [0.25, 0.3) is 0 Å². The molecule has 1 aromatic rings. The van der Waals surface area contributed by atoms with Gasteiger partial charge in [0.2, 0.25) is 5.91 Å². The Labute approximate surface area is 171 Å². The lowest BCUT2D eigenvalue weighted by molar-refractivity contribution is -0.131. The molecule has 1 aliphatic carbocycles. The molecule has 0 radical (unpaired) electrons. The second kappa shape index (κ2) is 8.61. The molecule has 2 amide bonds. The number of aromatic hydroxyl groups is 2. The Morgan fingerprint density at radius 3 is 2.31 bits per heavy atom. The number of carbonyl (C=O) groups excluding carboxylic acids is 2.